The van der Waals surface area contributed by atoms with Gasteiger partial charge in [-0.3, -0.25) is 0 Å². The third-order valence-corrected chi connectivity index (χ3v) is 5.44. The molecule has 0 fully saturated rings. The zero-order valence-electron chi connectivity index (χ0n) is 18.4. The van der Waals surface area contributed by atoms with Crippen LogP contribution in [0.2, 0.25) is 5.02 Å². The predicted molar refractivity (Wildman–Crippen MR) is 128 cm³/mol. The highest BCUT2D eigenvalue weighted by molar-refractivity contribution is 6.30. The SMILES string of the molecule is CCCCCCCCOCc1nc(-c2ccccc2)nc(-c2cccc(Cl)c2)c1C(=O)O. The number of rotatable bonds is 12. The number of hydrogen-bond donors (Lipinski definition) is 1. The van der Waals surface area contributed by atoms with E-state index in [2.05, 4.69) is 16.9 Å². The highest BCUT2D eigenvalue weighted by Gasteiger charge is 2.22. The van der Waals surface area contributed by atoms with Crippen LogP contribution in [-0.4, -0.2) is 27.7 Å². The number of unbranched alkanes of at least 4 members (excludes halogenated alkanes) is 5. The number of halogens is 1. The van der Waals surface area contributed by atoms with Gasteiger partial charge >= 0.3 is 5.97 Å². The van der Waals surface area contributed by atoms with Gasteiger partial charge < -0.3 is 9.84 Å². The summed E-state index contributed by atoms with van der Waals surface area (Å²) >= 11 is 6.17. The van der Waals surface area contributed by atoms with Crippen LogP contribution in [0.1, 0.15) is 61.5 Å². The Labute approximate surface area is 194 Å². The Balaban J connectivity index is 1.88. The first-order valence-corrected chi connectivity index (χ1v) is 11.5. The van der Waals surface area contributed by atoms with Crippen molar-refractivity contribution < 1.29 is 14.6 Å². The van der Waals surface area contributed by atoms with Gasteiger partial charge in [-0.15, -0.1) is 0 Å². The fraction of sp³-hybridized carbons (Fsp3) is 0.346. The molecule has 1 aromatic heterocycles. The van der Waals surface area contributed by atoms with E-state index in [-0.39, 0.29) is 12.2 Å². The third kappa shape index (κ3) is 6.62. The Kier molecular flexibility index (Phi) is 9.20. The maximum Gasteiger partial charge on any atom is 0.339 e. The zero-order valence-corrected chi connectivity index (χ0v) is 19.1. The van der Waals surface area contributed by atoms with Crippen molar-refractivity contribution in [3.05, 3.63) is 70.9 Å². The number of aromatic nitrogens is 2. The zero-order chi connectivity index (χ0) is 22.8. The molecule has 3 rings (SSSR count). The van der Waals surface area contributed by atoms with E-state index >= 15 is 0 Å². The van der Waals surface area contributed by atoms with Crippen LogP contribution in [-0.2, 0) is 11.3 Å². The summed E-state index contributed by atoms with van der Waals surface area (Å²) in [5.74, 6) is -0.624. The molecule has 0 spiro atoms. The van der Waals surface area contributed by atoms with Crippen LogP contribution in [0.4, 0.5) is 0 Å². The topological polar surface area (TPSA) is 72.3 Å². The molecule has 6 heteroatoms. The van der Waals surface area contributed by atoms with Gasteiger partial charge in [0.05, 0.1) is 18.0 Å². The highest BCUT2D eigenvalue weighted by atomic mass is 35.5. The molecule has 168 valence electrons. The lowest BCUT2D eigenvalue weighted by Crippen LogP contribution is -2.12. The molecule has 0 saturated carbocycles. The van der Waals surface area contributed by atoms with Crippen molar-refractivity contribution in [2.45, 2.75) is 52.1 Å². The van der Waals surface area contributed by atoms with Gasteiger partial charge in [-0.05, 0) is 18.6 Å². The van der Waals surface area contributed by atoms with E-state index in [9.17, 15) is 9.90 Å². The Morgan fingerprint density at radius 3 is 2.38 bits per heavy atom. The smallest absolute Gasteiger partial charge is 0.339 e. The maximum absolute atomic E-state index is 12.2. The molecule has 0 radical (unpaired) electrons. The normalized spacial score (nSPS) is 10.9. The minimum absolute atomic E-state index is 0.0508. The summed E-state index contributed by atoms with van der Waals surface area (Å²) in [5.41, 5.74) is 2.20. The monoisotopic (exact) mass is 452 g/mol. The van der Waals surface area contributed by atoms with Crippen LogP contribution < -0.4 is 0 Å². The Hall–Kier alpha value is -2.76. The lowest BCUT2D eigenvalue weighted by Gasteiger charge is -2.14. The van der Waals surface area contributed by atoms with Crippen LogP contribution in [0, 0.1) is 0 Å². The van der Waals surface area contributed by atoms with E-state index in [1.54, 1.807) is 24.3 Å². The molecule has 2 aromatic carbocycles. The van der Waals surface area contributed by atoms with Gasteiger partial charge in [-0.25, -0.2) is 14.8 Å². The lowest BCUT2D eigenvalue weighted by molar-refractivity contribution is 0.0685. The van der Waals surface area contributed by atoms with Crippen molar-refractivity contribution in [3.8, 4) is 22.6 Å². The molecule has 0 unspecified atom stereocenters. The number of hydrogen-bond acceptors (Lipinski definition) is 4. The van der Waals surface area contributed by atoms with Crippen LogP contribution >= 0.6 is 11.6 Å². The fourth-order valence-electron chi connectivity index (χ4n) is 3.55. The summed E-state index contributed by atoms with van der Waals surface area (Å²) in [6.07, 6.45) is 6.98. The molecule has 0 bridgehead atoms. The van der Waals surface area contributed by atoms with Gasteiger partial charge in [0.15, 0.2) is 5.82 Å². The molecule has 0 aliphatic heterocycles. The largest absolute Gasteiger partial charge is 0.478 e. The van der Waals surface area contributed by atoms with Gasteiger partial charge in [-0.1, -0.05) is 93.1 Å². The van der Waals surface area contributed by atoms with Crippen LogP contribution in [0.5, 0.6) is 0 Å². The number of aromatic carboxylic acids is 1. The minimum Gasteiger partial charge on any atom is -0.478 e. The molecule has 0 aliphatic carbocycles. The summed E-state index contributed by atoms with van der Waals surface area (Å²) in [7, 11) is 0. The standard InChI is InChI=1S/C26H29ClN2O3/c1-2-3-4-5-6-10-16-32-18-22-23(26(30)31)24(20-14-11-15-21(27)17-20)29-25(28-22)19-12-8-7-9-13-19/h7-9,11-15,17H,2-6,10,16,18H2,1H3,(H,30,31). The first-order valence-electron chi connectivity index (χ1n) is 11.1. The number of benzene rings is 2. The van der Waals surface area contributed by atoms with Crippen LogP contribution in [0.25, 0.3) is 22.6 Å². The Morgan fingerprint density at radius 2 is 1.66 bits per heavy atom. The first-order chi connectivity index (χ1) is 15.6. The fourth-order valence-corrected chi connectivity index (χ4v) is 3.74. The Morgan fingerprint density at radius 1 is 0.938 bits per heavy atom. The molecule has 0 saturated heterocycles. The van der Waals surface area contributed by atoms with Crippen molar-refractivity contribution in [1.82, 2.24) is 9.97 Å². The number of carboxylic acid groups (broad SMARTS) is 1. The molecule has 5 nitrogen and oxygen atoms in total. The molecule has 3 aromatic rings. The summed E-state index contributed by atoms with van der Waals surface area (Å²) in [6, 6.07) is 16.6. The van der Waals surface area contributed by atoms with Gasteiger partial charge in [0, 0.05) is 22.8 Å². The summed E-state index contributed by atoms with van der Waals surface area (Å²) < 4.78 is 5.84. The quantitative estimate of drug-likeness (QED) is 0.298. The van der Waals surface area contributed by atoms with Crippen molar-refractivity contribution in [2.75, 3.05) is 6.61 Å². The molecule has 1 heterocycles. The molecular formula is C26H29ClN2O3. The second kappa shape index (κ2) is 12.3. The molecule has 0 atom stereocenters. The molecular weight excluding hydrogens is 424 g/mol. The average molecular weight is 453 g/mol. The van der Waals surface area contributed by atoms with Gasteiger partial charge in [0.1, 0.15) is 5.56 Å². The highest BCUT2D eigenvalue weighted by Crippen LogP contribution is 2.29. The van der Waals surface area contributed by atoms with Crippen LogP contribution in [0.3, 0.4) is 0 Å². The van der Waals surface area contributed by atoms with Crippen LogP contribution in [0.15, 0.2) is 54.6 Å². The molecule has 1 N–H and O–H groups in total. The first kappa shape index (κ1) is 23.9. The molecule has 0 amide bonds. The van der Waals surface area contributed by atoms with E-state index in [4.69, 9.17) is 16.3 Å². The number of carboxylic acids is 1. The average Bonchev–Trinajstić information content (AvgIpc) is 2.80. The lowest BCUT2D eigenvalue weighted by atomic mass is 10.0. The predicted octanol–water partition coefficient (Wildman–Crippen LogP) is 7.04. The minimum atomic E-state index is -1.09. The second-order valence-corrected chi connectivity index (χ2v) is 8.16. The van der Waals surface area contributed by atoms with Crippen molar-refractivity contribution >= 4 is 17.6 Å². The summed E-state index contributed by atoms with van der Waals surface area (Å²) in [6.45, 7) is 2.89. The number of carbonyl (C=O) groups is 1. The number of nitrogens with zero attached hydrogens (tertiary/aromatic N) is 2. The third-order valence-electron chi connectivity index (χ3n) is 5.21. The van der Waals surface area contributed by atoms with Crippen molar-refractivity contribution in [1.29, 1.82) is 0 Å². The maximum atomic E-state index is 12.2. The van der Waals surface area contributed by atoms with E-state index in [1.807, 2.05) is 30.3 Å². The number of ether oxygens (including phenoxy) is 1. The summed E-state index contributed by atoms with van der Waals surface area (Å²) in [4.78, 5) is 21.4. The molecule has 0 aliphatic rings. The van der Waals surface area contributed by atoms with Gasteiger partial charge in [-0.2, -0.15) is 0 Å². The van der Waals surface area contributed by atoms with Crippen molar-refractivity contribution in [2.24, 2.45) is 0 Å². The van der Waals surface area contributed by atoms with E-state index in [0.29, 0.717) is 34.4 Å². The van der Waals surface area contributed by atoms with Gasteiger partial charge in [0.25, 0.3) is 0 Å². The van der Waals surface area contributed by atoms with Gasteiger partial charge in [0.2, 0.25) is 0 Å². The van der Waals surface area contributed by atoms with E-state index < -0.39 is 5.97 Å². The Bertz CT molecular complexity index is 1020. The van der Waals surface area contributed by atoms with E-state index in [0.717, 1.165) is 18.4 Å². The molecule has 32 heavy (non-hydrogen) atoms. The second-order valence-electron chi connectivity index (χ2n) is 7.72. The van der Waals surface area contributed by atoms with Crippen molar-refractivity contribution in [3.63, 3.8) is 0 Å². The summed E-state index contributed by atoms with van der Waals surface area (Å²) in [5, 5.41) is 10.5. The van der Waals surface area contributed by atoms with E-state index in [1.165, 1.54) is 25.7 Å².